The number of nitrogens with zero attached hydrogens (tertiary/aromatic N) is 1. The molecule has 21 heavy (non-hydrogen) atoms. The molecule has 4 heteroatoms. The maximum absolute atomic E-state index is 12.2. The third-order valence-corrected chi connectivity index (χ3v) is 4.01. The molecule has 1 N–H and O–H groups in total. The second-order valence-corrected chi connectivity index (χ2v) is 5.91. The van der Waals surface area contributed by atoms with E-state index in [0.717, 1.165) is 31.8 Å². The summed E-state index contributed by atoms with van der Waals surface area (Å²) >= 11 is 0. The van der Waals surface area contributed by atoms with Crippen molar-refractivity contribution in [2.24, 2.45) is 5.92 Å². The zero-order chi connectivity index (χ0) is 15.2. The third kappa shape index (κ3) is 4.46. The SMILES string of the molecule is CCOc1cccc(C(=O)NC[C@H]2CCN(C(C)C)C2)c1. The monoisotopic (exact) mass is 290 g/mol. The topological polar surface area (TPSA) is 41.6 Å². The molecule has 1 aliphatic rings. The van der Waals surface area contributed by atoms with Gasteiger partial charge in [-0.3, -0.25) is 4.79 Å². The summed E-state index contributed by atoms with van der Waals surface area (Å²) in [6.07, 6.45) is 1.16. The van der Waals surface area contributed by atoms with Gasteiger partial charge in [-0.05, 0) is 57.9 Å². The highest BCUT2D eigenvalue weighted by molar-refractivity contribution is 5.94. The van der Waals surface area contributed by atoms with Gasteiger partial charge in [-0.15, -0.1) is 0 Å². The molecule has 2 rings (SSSR count). The molecule has 0 bridgehead atoms. The predicted molar refractivity (Wildman–Crippen MR) is 84.8 cm³/mol. The van der Waals surface area contributed by atoms with Crippen molar-refractivity contribution in [3.8, 4) is 5.75 Å². The van der Waals surface area contributed by atoms with E-state index in [1.54, 1.807) is 6.07 Å². The Kier molecular flexibility index (Phi) is 5.62. The third-order valence-electron chi connectivity index (χ3n) is 4.01. The highest BCUT2D eigenvalue weighted by atomic mass is 16.5. The molecular weight excluding hydrogens is 264 g/mol. The van der Waals surface area contributed by atoms with E-state index < -0.39 is 0 Å². The van der Waals surface area contributed by atoms with Crippen LogP contribution in [0.15, 0.2) is 24.3 Å². The molecular formula is C17H26N2O2. The number of ether oxygens (including phenoxy) is 1. The number of hydrogen-bond donors (Lipinski definition) is 1. The fraction of sp³-hybridized carbons (Fsp3) is 0.588. The summed E-state index contributed by atoms with van der Waals surface area (Å²) in [4.78, 5) is 14.7. The number of nitrogens with one attached hydrogen (secondary N) is 1. The first kappa shape index (κ1) is 15.8. The lowest BCUT2D eigenvalue weighted by Crippen LogP contribution is -2.32. The van der Waals surface area contributed by atoms with Crippen LogP contribution in [0.2, 0.25) is 0 Å². The predicted octanol–water partition coefficient (Wildman–Crippen LogP) is 2.55. The Morgan fingerprint density at radius 2 is 2.29 bits per heavy atom. The maximum Gasteiger partial charge on any atom is 0.251 e. The maximum atomic E-state index is 12.2. The molecule has 1 saturated heterocycles. The first-order valence-corrected chi connectivity index (χ1v) is 7.85. The number of hydrogen-bond acceptors (Lipinski definition) is 3. The summed E-state index contributed by atoms with van der Waals surface area (Å²) in [5.41, 5.74) is 0.666. The lowest BCUT2D eigenvalue weighted by Gasteiger charge is -2.20. The number of benzene rings is 1. The van der Waals surface area contributed by atoms with Crippen molar-refractivity contribution in [1.29, 1.82) is 0 Å². The van der Waals surface area contributed by atoms with Crippen LogP contribution in [-0.2, 0) is 0 Å². The summed E-state index contributed by atoms with van der Waals surface area (Å²) < 4.78 is 5.43. The second kappa shape index (κ2) is 7.46. The normalized spacial score (nSPS) is 19.0. The van der Waals surface area contributed by atoms with Crippen LogP contribution in [0.3, 0.4) is 0 Å². The van der Waals surface area contributed by atoms with Gasteiger partial charge in [0.1, 0.15) is 5.75 Å². The number of carbonyl (C=O) groups is 1. The van der Waals surface area contributed by atoms with E-state index in [1.807, 2.05) is 25.1 Å². The average Bonchev–Trinajstić information content (AvgIpc) is 2.94. The molecule has 0 saturated carbocycles. The Morgan fingerprint density at radius 3 is 2.95 bits per heavy atom. The van der Waals surface area contributed by atoms with Crippen LogP contribution in [0.1, 0.15) is 37.6 Å². The van der Waals surface area contributed by atoms with Crippen molar-refractivity contribution in [1.82, 2.24) is 10.2 Å². The molecule has 1 heterocycles. The molecule has 116 valence electrons. The highest BCUT2D eigenvalue weighted by Crippen LogP contribution is 2.18. The Labute approximate surface area is 127 Å². The second-order valence-electron chi connectivity index (χ2n) is 5.91. The number of likely N-dealkylation sites (tertiary alicyclic amines) is 1. The Balaban J connectivity index is 1.83. The first-order chi connectivity index (χ1) is 10.1. The fourth-order valence-corrected chi connectivity index (χ4v) is 2.73. The van der Waals surface area contributed by atoms with Crippen molar-refractivity contribution < 1.29 is 9.53 Å². The molecule has 0 spiro atoms. The van der Waals surface area contributed by atoms with Gasteiger partial charge in [0.15, 0.2) is 0 Å². The van der Waals surface area contributed by atoms with Crippen LogP contribution < -0.4 is 10.1 Å². The van der Waals surface area contributed by atoms with Crippen LogP contribution >= 0.6 is 0 Å². The van der Waals surface area contributed by atoms with Crippen LogP contribution in [0.4, 0.5) is 0 Å². The van der Waals surface area contributed by atoms with Crippen molar-refractivity contribution in [3.63, 3.8) is 0 Å². The lowest BCUT2D eigenvalue weighted by molar-refractivity contribution is 0.0946. The summed E-state index contributed by atoms with van der Waals surface area (Å²) in [5, 5.41) is 3.05. The van der Waals surface area contributed by atoms with Crippen molar-refractivity contribution >= 4 is 5.91 Å². The zero-order valence-corrected chi connectivity index (χ0v) is 13.3. The molecule has 0 radical (unpaired) electrons. The van der Waals surface area contributed by atoms with Gasteiger partial charge in [0, 0.05) is 24.7 Å². The quantitative estimate of drug-likeness (QED) is 0.875. The molecule has 1 amide bonds. The van der Waals surface area contributed by atoms with Crippen LogP contribution in [0, 0.1) is 5.92 Å². The van der Waals surface area contributed by atoms with Gasteiger partial charge in [-0.1, -0.05) is 6.07 Å². The van der Waals surface area contributed by atoms with Gasteiger partial charge in [0.25, 0.3) is 5.91 Å². The minimum absolute atomic E-state index is 0.0143. The van der Waals surface area contributed by atoms with Gasteiger partial charge in [-0.25, -0.2) is 0 Å². The van der Waals surface area contributed by atoms with E-state index in [2.05, 4.69) is 24.1 Å². The Bertz CT molecular complexity index is 474. The van der Waals surface area contributed by atoms with Crippen molar-refractivity contribution in [2.75, 3.05) is 26.2 Å². The van der Waals surface area contributed by atoms with Gasteiger partial charge >= 0.3 is 0 Å². The zero-order valence-electron chi connectivity index (χ0n) is 13.3. The molecule has 4 nitrogen and oxygen atoms in total. The Morgan fingerprint density at radius 1 is 1.48 bits per heavy atom. The average molecular weight is 290 g/mol. The summed E-state index contributed by atoms with van der Waals surface area (Å²) in [5.74, 6) is 1.29. The first-order valence-electron chi connectivity index (χ1n) is 7.85. The summed E-state index contributed by atoms with van der Waals surface area (Å²) in [7, 11) is 0. The molecule has 1 aliphatic heterocycles. The van der Waals surface area contributed by atoms with Gasteiger partial charge in [0.05, 0.1) is 6.61 Å². The highest BCUT2D eigenvalue weighted by Gasteiger charge is 2.24. The van der Waals surface area contributed by atoms with Gasteiger partial charge in [0.2, 0.25) is 0 Å². The molecule has 0 aliphatic carbocycles. The number of carbonyl (C=O) groups excluding carboxylic acids is 1. The standard InChI is InChI=1S/C17H26N2O2/c1-4-21-16-7-5-6-15(10-16)17(20)18-11-14-8-9-19(12-14)13(2)3/h5-7,10,13-14H,4,8-9,11-12H2,1-3H3,(H,18,20)/t14-/m1/s1. The van der Waals surface area contributed by atoms with Gasteiger partial charge in [-0.2, -0.15) is 0 Å². The molecule has 1 aromatic carbocycles. The van der Waals surface area contributed by atoms with Crippen LogP contribution in [0.25, 0.3) is 0 Å². The number of amides is 1. The fourth-order valence-electron chi connectivity index (χ4n) is 2.73. The molecule has 1 atom stereocenters. The summed E-state index contributed by atoms with van der Waals surface area (Å²) in [6.45, 7) is 9.96. The smallest absolute Gasteiger partial charge is 0.251 e. The largest absolute Gasteiger partial charge is 0.494 e. The van der Waals surface area contributed by atoms with Crippen LogP contribution in [0.5, 0.6) is 5.75 Å². The minimum Gasteiger partial charge on any atom is -0.494 e. The van der Waals surface area contributed by atoms with E-state index in [4.69, 9.17) is 4.74 Å². The van der Waals surface area contributed by atoms with Crippen molar-refractivity contribution in [2.45, 2.75) is 33.2 Å². The van der Waals surface area contributed by atoms with E-state index in [-0.39, 0.29) is 5.91 Å². The van der Waals surface area contributed by atoms with E-state index in [0.29, 0.717) is 24.1 Å². The summed E-state index contributed by atoms with van der Waals surface area (Å²) in [6, 6.07) is 7.95. The lowest BCUT2D eigenvalue weighted by atomic mass is 10.1. The minimum atomic E-state index is -0.0143. The van der Waals surface area contributed by atoms with E-state index in [9.17, 15) is 4.79 Å². The molecule has 1 fully saturated rings. The molecule has 0 aromatic heterocycles. The molecule has 0 unspecified atom stereocenters. The van der Waals surface area contributed by atoms with E-state index in [1.165, 1.54) is 0 Å². The Hall–Kier alpha value is -1.55. The van der Waals surface area contributed by atoms with E-state index >= 15 is 0 Å². The molecule has 1 aromatic rings. The van der Waals surface area contributed by atoms with Crippen LogP contribution in [-0.4, -0.2) is 43.1 Å². The van der Waals surface area contributed by atoms with Crippen molar-refractivity contribution in [3.05, 3.63) is 29.8 Å². The van der Waals surface area contributed by atoms with Gasteiger partial charge < -0.3 is 15.0 Å². The number of rotatable bonds is 6.